The minimum Gasteiger partial charge on any atom is -0.394 e. The molecule has 3 saturated carbocycles. The van der Waals surface area contributed by atoms with Crippen molar-refractivity contribution in [1.82, 2.24) is 0 Å². The van der Waals surface area contributed by atoms with Crippen LogP contribution in [-0.4, -0.2) is 128 Å². The Kier molecular flexibility index (Phi) is 11.8. The van der Waals surface area contributed by atoms with E-state index >= 15 is 0 Å². The van der Waals surface area contributed by atoms with Gasteiger partial charge in [-0.2, -0.15) is 0 Å². The number of aliphatic hydroxyl groups excluding tert-OH is 8. The molecule has 0 aromatic rings. The number of aliphatic hydroxyl groups is 8. The van der Waals surface area contributed by atoms with E-state index in [1.54, 1.807) is 0 Å². The van der Waals surface area contributed by atoms with Crippen molar-refractivity contribution in [3.8, 4) is 0 Å². The Labute approximate surface area is 315 Å². The van der Waals surface area contributed by atoms with Gasteiger partial charge in [-0.05, 0) is 92.8 Å². The number of fused-ring (bicyclic) bond motifs is 5. The Morgan fingerprint density at radius 1 is 0.868 bits per heavy atom. The van der Waals surface area contributed by atoms with Gasteiger partial charge in [0.25, 0.3) is 0 Å². The Morgan fingerprint density at radius 2 is 1.55 bits per heavy atom. The van der Waals surface area contributed by atoms with Crippen LogP contribution in [0, 0.1) is 45.3 Å². The van der Waals surface area contributed by atoms with Crippen LogP contribution < -0.4 is 0 Å². The Hall–Kier alpha value is -1.00. The highest BCUT2D eigenvalue weighted by atomic mass is 16.7. The van der Waals surface area contributed by atoms with E-state index < -0.39 is 78.8 Å². The van der Waals surface area contributed by atoms with Gasteiger partial charge in [-0.15, -0.1) is 0 Å². The smallest absolute Gasteiger partial charge is 0.186 e. The molecule has 19 atom stereocenters. The quantitative estimate of drug-likeness (QED) is 0.161. The second-order valence-corrected chi connectivity index (χ2v) is 19.1. The first-order valence-electron chi connectivity index (χ1n) is 20.0. The first kappa shape index (κ1) is 41.6. The number of hydrogen-bond acceptors (Lipinski definition) is 12. The SMILES string of the molecule is CC(C)=CCC[C@@H](C)[C@H]1[C@@H](O[C@@H]2O[C@H](CO)[C@@H](O)[C@@H](O)[C@H]2O)C[C@@]2(C)[C@H]3[C@H](O)C=C4[C@H](CC[C@H](O[C@@H]5OC[C@@H](O)[C@H](O)[C@H]5O)C4(C)C)[C@]3(C)CC[C@]12C. The molecule has 12 heteroatoms. The van der Waals surface area contributed by atoms with E-state index in [1.165, 1.54) is 5.57 Å². The van der Waals surface area contributed by atoms with Crippen molar-refractivity contribution in [2.45, 2.75) is 174 Å². The summed E-state index contributed by atoms with van der Waals surface area (Å²) in [5, 5.41) is 85.5. The minimum atomic E-state index is -1.53. The summed E-state index contributed by atoms with van der Waals surface area (Å²) in [5.74, 6) is 0.290. The van der Waals surface area contributed by atoms with E-state index in [2.05, 4.69) is 67.5 Å². The molecular weight excluding hydrogens is 684 g/mol. The Balaban J connectivity index is 1.32. The van der Waals surface area contributed by atoms with Crippen LogP contribution in [0.2, 0.25) is 0 Å². The summed E-state index contributed by atoms with van der Waals surface area (Å²) in [6, 6.07) is 0. The molecule has 2 heterocycles. The van der Waals surface area contributed by atoms with Gasteiger partial charge in [0, 0.05) is 11.3 Å². The third kappa shape index (κ3) is 6.82. The van der Waals surface area contributed by atoms with Gasteiger partial charge in [0.2, 0.25) is 0 Å². The first-order chi connectivity index (χ1) is 24.7. The standard InChI is InChI=1S/C41H68O12/c1-20(2)10-9-11-21(3)29-26(51-37-34(49)32(47)31(46)27(18-42)52-37)17-41(8)35-24(43)16-23-22(39(35,6)14-15-40(29,41)7)12-13-28(38(23,4)5)53-36-33(48)30(45)25(44)19-50-36/h10,16,21-22,24-37,42-49H,9,11-15,17-19H2,1-8H3/t21-,22+,24-,25-,26+,27-,28+,29+,30+,31-,32-,33-,34-,35+,36+,37-,39+,40-,41+/m1/s1. The van der Waals surface area contributed by atoms with E-state index in [0.29, 0.717) is 12.8 Å². The number of allylic oxidation sites excluding steroid dienone is 2. The summed E-state index contributed by atoms with van der Waals surface area (Å²) in [7, 11) is 0. The molecule has 6 aliphatic rings. The lowest BCUT2D eigenvalue weighted by Crippen LogP contribution is -2.63. The molecule has 4 aliphatic carbocycles. The summed E-state index contributed by atoms with van der Waals surface area (Å²) in [6.45, 7) is 17.0. The molecule has 0 amide bonds. The van der Waals surface area contributed by atoms with E-state index in [-0.39, 0.29) is 53.3 Å². The number of ether oxygens (including phenoxy) is 4. The molecule has 2 aliphatic heterocycles. The van der Waals surface area contributed by atoms with Crippen LogP contribution >= 0.6 is 0 Å². The zero-order valence-corrected chi connectivity index (χ0v) is 33.0. The van der Waals surface area contributed by atoms with Gasteiger partial charge >= 0.3 is 0 Å². The van der Waals surface area contributed by atoms with Gasteiger partial charge in [-0.3, -0.25) is 0 Å². The predicted molar refractivity (Wildman–Crippen MR) is 195 cm³/mol. The maximum atomic E-state index is 12.4. The molecule has 0 radical (unpaired) electrons. The second kappa shape index (κ2) is 15.1. The fourth-order valence-electron chi connectivity index (χ4n) is 12.4. The molecule has 0 aromatic heterocycles. The zero-order chi connectivity index (χ0) is 39.0. The van der Waals surface area contributed by atoms with Crippen molar-refractivity contribution in [2.24, 2.45) is 45.3 Å². The Bertz CT molecular complexity index is 1360. The number of rotatable bonds is 9. The molecule has 0 bridgehead atoms. The minimum absolute atomic E-state index is 0.0314. The fraction of sp³-hybridized carbons (Fsp3) is 0.902. The molecule has 304 valence electrons. The van der Waals surface area contributed by atoms with Gasteiger partial charge in [0.05, 0.1) is 31.5 Å². The molecule has 0 unspecified atom stereocenters. The van der Waals surface area contributed by atoms with Crippen molar-refractivity contribution in [3.63, 3.8) is 0 Å². The largest absolute Gasteiger partial charge is 0.394 e. The van der Waals surface area contributed by atoms with Crippen molar-refractivity contribution < 1.29 is 59.8 Å². The zero-order valence-electron chi connectivity index (χ0n) is 33.0. The summed E-state index contributed by atoms with van der Waals surface area (Å²) < 4.78 is 24.7. The molecular formula is C41H68O12. The monoisotopic (exact) mass is 752 g/mol. The van der Waals surface area contributed by atoms with Gasteiger partial charge in [-0.1, -0.05) is 64.8 Å². The van der Waals surface area contributed by atoms with E-state index in [1.807, 2.05) is 0 Å². The third-order valence-electron chi connectivity index (χ3n) is 15.5. The van der Waals surface area contributed by atoms with Gasteiger partial charge in [0.15, 0.2) is 12.6 Å². The van der Waals surface area contributed by atoms with Crippen molar-refractivity contribution in [3.05, 3.63) is 23.3 Å². The van der Waals surface area contributed by atoms with Gasteiger partial charge < -0.3 is 59.8 Å². The summed E-state index contributed by atoms with van der Waals surface area (Å²) in [5.41, 5.74) is 0.950. The van der Waals surface area contributed by atoms with Crippen LogP contribution in [0.4, 0.5) is 0 Å². The van der Waals surface area contributed by atoms with Crippen LogP contribution in [0.25, 0.3) is 0 Å². The highest BCUT2D eigenvalue weighted by molar-refractivity contribution is 5.33. The van der Waals surface area contributed by atoms with Crippen molar-refractivity contribution >= 4 is 0 Å². The number of hydrogen-bond donors (Lipinski definition) is 8. The topological polar surface area (TPSA) is 199 Å². The molecule has 0 spiro atoms. The lowest BCUT2D eigenvalue weighted by molar-refractivity contribution is -0.315. The average Bonchev–Trinajstić information content (AvgIpc) is 3.31. The summed E-state index contributed by atoms with van der Waals surface area (Å²) in [6.07, 6.45) is -3.26. The van der Waals surface area contributed by atoms with E-state index in [9.17, 15) is 40.9 Å². The maximum Gasteiger partial charge on any atom is 0.186 e. The van der Waals surface area contributed by atoms with Crippen LogP contribution in [0.3, 0.4) is 0 Å². The normalized spacial score (nSPS) is 51.4. The van der Waals surface area contributed by atoms with Crippen molar-refractivity contribution in [2.75, 3.05) is 13.2 Å². The van der Waals surface area contributed by atoms with E-state index in [4.69, 9.17) is 18.9 Å². The van der Waals surface area contributed by atoms with Crippen LogP contribution in [0.15, 0.2) is 23.3 Å². The highest BCUT2D eigenvalue weighted by Gasteiger charge is 2.72. The summed E-state index contributed by atoms with van der Waals surface area (Å²) in [4.78, 5) is 0. The molecule has 8 N–H and O–H groups in total. The van der Waals surface area contributed by atoms with Gasteiger partial charge in [0.1, 0.15) is 42.7 Å². The lowest BCUT2D eigenvalue weighted by atomic mass is 9.38. The van der Waals surface area contributed by atoms with Crippen LogP contribution in [0.5, 0.6) is 0 Å². The van der Waals surface area contributed by atoms with Crippen LogP contribution in [-0.2, 0) is 18.9 Å². The first-order valence-corrected chi connectivity index (χ1v) is 20.0. The van der Waals surface area contributed by atoms with Gasteiger partial charge in [-0.25, -0.2) is 0 Å². The van der Waals surface area contributed by atoms with E-state index in [0.717, 1.165) is 37.7 Å². The average molecular weight is 753 g/mol. The maximum absolute atomic E-state index is 12.4. The van der Waals surface area contributed by atoms with Crippen molar-refractivity contribution in [1.29, 1.82) is 0 Å². The molecule has 12 nitrogen and oxygen atoms in total. The summed E-state index contributed by atoms with van der Waals surface area (Å²) >= 11 is 0. The molecule has 0 aromatic carbocycles. The molecule has 53 heavy (non-hydrogen) atoms. The predicted octanol–water partition coefficient (Wildman–Crippen LogP) is 2.56. The molecule has 6 rings (SSSR count). The second-order valence-electron chi connectivity index (χ2n) is 19.1. The molecule has 2 saturated heterocycles. The van der Waals surface area contributed by atoms with Crippen LogP contribution in [0.1, 0.15) is 100 Å². The fourth-order valence-corrected chi connectivity index (χ4v) is 12.4. The molecule has 5 fully saturated rings. The lowest BCUT2D eigenvalue weighted by Gasteiger charge is -2.67. The third-order valence-corrected chi connectivity index (χ3v) is 15.5. The highest BCUT2D eigenvalue weighted by Crippen LogP contribution is 2.75. The Morgan fingerprint density at radius 3 is 2.21 bits per heavy atom.